The number of benzene rings is 3. The molecule has 0 unspecified atom stereocenters. The van der Waals surface area contributed by atoms with Crippen LogP contribution in [-0.4, -0.2) is 9.55 Å². The molecule has 0 saturated carbocycles. The fourth-order valence-electron chi connectivity index (χ4n) is 4.51. The summed E-state index contributed by atoms with van der Waals surface area (Å²) in [6.07, 6.45) is 0.937. The van der Waals surface area contributed by atoms with Gasteiger partial charge in [-0.25, -0.2) is 0 Å². The number of hydrogen-bond acceptors (Lipinski definition) is 2. The van der Waals surface area contributed by atoms with E-state index >= 15 is 0 Å². The fourth-order valence-corrected chi connectivity index (χ4v) is 4.51. The molecule has 0 atom stereocenters. The van der Waals surface area contributed by atoms with Crippen molar-refractivity contribution in [1.29, 1.82) is 0 Å². The van der Waals surface area contributed by atoms with Crippen LogP contribution < -0.4 is 10.9 Å². The highest BCUT2D eigenvalue weighted by molar-refractivity contribution is 6.04. The van der Waals surface area contributed by atoms with E-state index in [-0.39, 0.29) is 10.9 Å². The first-order valence-electron chi connectivity index (χ1n) is 10.0. The Morgan fingerprint density at radius 2 is 1.52 bits per heavy atom. The van der Waals surface area contributed by atoms with Gasteiger partial charge in [0.1, 0.15) is 0 Å². The van der Waals surface area contributed by atoms with Crippen molar-refractivity contribution >= 4 is 43.6 Å². The quantitative estimate of drug-likeness (QED) is 0.428. The van der Waals surface area contributed by atoms with Crippen LogP contribution in [0.3, 0.4) is 0 Å². The molecule has 29 heavy (non-hydrogen) atoms. The number of aromatic nitrogens is 2. The lowest BCUT2D eigenvalue weighted by Gasteiger charge is -2.17. The Hall–Kier alpha value is -3.40. The maximum atomic E-state index is 13.4. The normalized spacial score (nSPS) is 11.8. The minimum Gasteiger partial charge on any atom is -0.354 e. The van der Waals surface area contributed by atoms with E-state index in [9.17, 15) is 9.59 Å². The molecular weight excluding hydrogens is 360 g/mol. The van der Waals surface area contributed by atoms with E-state index in [1.54, 1.807) is 0 Å². The highest BCUT2D eigenvalue weighted by atomic mass is 16.1. The van der Waals surface area contributed by atoms with Crippen LogP contribution in [0.25, 0.3) is 43.6 Å². The summed E-state index contributed by atoms with van der Waals surface area (Å²) in [5, 5.41) is 2.67. The van der Waals surface area contributed by atoms with Gasteiger partial charge in [-0.3, -0.25) is 9.59 Å². The predicted molar refractivity (Wildman–Crippen MR) is 121 cm³/mol. The van der Waals surface area contributed by atoms with Crippen LogP contribution in [-0.2, 0) is 6.54 Å². The fraction of sp³-hybridized carbons (Fsp3) is 0.200. The zero-order valence-corrected chi connectivity index (χ0v) is 16.8. The zero-order chi connectivity index (χ0) is 20.3. The molecule has 0 saturated heterocycles. The number of pyridine rings is 2. The van der Waals surface area contributed by atoms with Crippen molar-refractivity contribution in [3.05, 3.63) is 80.1 Å². The third-order valence-corrected chi connectivity index (χ3v) is 5.89. The Balaban J connectivity index is 2.07. The van der Waals surface area contributed by atoms with Crippen LogP contribution in [0.2, 0.25) is 0 Å². The molecule has 4 nitrogen and oxygen atoms in total. The predicted octanol–water partition coefficient (Wildman–Crippen LogP) is 5.18. The van der Waals surface area contributed by atoms with Gasteiger partial charge in [0.25, 0.3) is 0 Å². The molecular formula is C25H22N2O2. The van der Waals surface area contributed by atoms with E-state index in [1.165, 1.54) is 0 Å². The average Bonchev–Trinajstić information content (AvgIpc) is 2.71. The van der Waals surface area contributed by atoms with Crippen molar-refractivity contribution in [1.82, 2.24) is 9.55 Å². The smallest absolute Gasteiger partial charge is 0.197 e. The van der Waals surface area contributed by atoms with Gasteiger partial charge in [-0.15, -0.1) is 0 Å². The van der Waals surface area contributed by atoms with Crippen LogP contribution in [0.15, 0.2) is 58.1 Å². The molecule has 0 aliphatic heterocycles. The molecule has 0 spiro atoms. The highest BCUT2D eigenvalue weighted by Gasteiger charge is 2.15. The van der Waals surface area contributed by atoms with Crippen LogP contribution in [0.1, 0.15) is 24.5 Å². The van der Waals surface area contributed by atoms with Crippen molar-refractivity contribution in [3.8, 4) is 0 Å². The molecule has 5 aromatic rings. The molecule has 0 radical (unpaired) electrons. The number of H-pyrrole nitrogens is 1. The standard InChI is InChI=1S/C25H22N2O2/c1-4-11-27-21-13-18-20(26-22-14(2)7-5-9-16(22)24(18)28)12-19(21)25(29)17-10-6-8-15(3)23(17)27/h5-10,12-13H,4,11H2,1-3H3,(H,26,28). The van der Waals surface area contributed by atoms with Crippen molar-refractivity contribution in [2.24, 2.45) is 0 Å². The van der Waals surface area contributed by atoms with Crippen LogP contribution in [0, 0.1) is 13.8 Å². The van der Waals surface area contributed by atoms with Gasteiger partial charge in [0.05, 0.1) is 22.1 Å². The second-order valence-electron chi connectivity index (χ2n) is 7.82. The Morgan fingerprint density at radius 1 is 0.828 bits per heavy atom. The van der Waals surface area contributed by atoms with Gasteiger partial charge in [0.2, 0.25) is 0 Å². The van der Waals surface area contributed by atoms with Gasteiger partial charge in [0, 0.05) is 28.1 Å². The second kappa shape index (κ2) is 6.31. The topological polar surface area (TPSA) is 54.9 Å². The molecule has 2 heterocycles. The van der Waals surface area contributed by atoms with E-state index in [1.807, 2.05) is 62.4 Å². The average molecular weight is 382 g/mol. The van der Waals surface area contributed by atoms with Gasteiger partial charge in [0.15, 0.2) is 10.9 Å². The Kier molecular flexibility index (Phi) is 3.85. The van der Waals surface area contributed by atoms with Crippen molar-refractivity contribution < 1.29 is 0 Å². The Labute approximate surface area is 167 Å². The monoisotopic (exact) mass is 382 g/mol. The summed E-state index contributed by atoms with van der Waals surface area (Å²) in [4.78, 5) is 30.0. The lowest BCUT2D eigenvalue weighted by Crippen LogP contribution is -2.14. The summed E-state index contributed by atoms with van der Waals surface area (Å²) in [5.41, 5.74) is 5.41. The molecule has 0 aliphatic carbocycles. The Bertz CT molecular complexity index is 1570. The summed E-state index contributed by atoms with van der Waals surface area (Å²) in [6.45, 7) is 6.92. The maximum absolute atomic E-state index is 13.4. The summed E-state index contributed by atoms with van der Waals surface area (Å²) < 4.78 is 2.20. The summed E-state index contributed by atoms with van der Waals surface area (Å²) >= 11 is 0. The minimum atomic E-state index is -0.000252. The minimum absolute atomic E-state index is 0.000252. The number of aryl methyl sites for hydroxylation is 3. The molecule has 144 valence electrons. The number of aromatic amines is 1. The van der Waals surface area contributed by atoms with Crippen molar-refractivity contribution in [2.75, 3.05) is 0 Å². The molecule has 0 fully saturated rings. The van der Waals surface area contributed by atoms with Crippen molar-refractivity contribution in [2.45, 2.75) is 33.7 Å². The van der Waals surface area contributed by atoms with Gasteiger partial charge in [-0.2, -0.15) is 0 Å². The molecule has 5 rings (SSSR count). The van der Waals surface area contributed by atoms with Gasteiger partial charge in [-0.1, -0.05) is 31.2 Å². The molecule has 1 N–H and O–H groups in total. The van der Waals surface area contributed by atoms with Crippen LogP contribution >= 0.6 is 0 Å². The first kappa shape index (κ1) is 17.7. The third-order valence-electron chi connectivity index (χ3n) is 5.89. The van der Waals surface area contributed by atoms with Gasteiger partial charge < -0.3 is 9.55 Å². The van der Waals surface area contributed by atoms with Gasteiger partial charge in [-0.05, 0) is 55.7 Å². The van der Waals surface area contributed by atoms with E-state index in [4.69, 9.17) is 0 Å². The lowest BCUT2D eigenvalue weighted by molar-refractivity contribution is 0.719. The number of para-hydroxylation sites is 2. The van der Waals surface area contributed by atoms with Crippen LogP contribution in [0.5, 0.6) is 0 Å². The molecule has 2 aromatic heterocycles. The van der Waals surface area contributed by atoms with Crippen molar-refractivity contribution in [3.63, 3.8) is 0 Å². The molecule has 0 aliphatic rings. The second-order valence-corrected chi connectivity index (χ2v) is 7.82. The number of nitrogens with zero attached hydrogens (tertiary/aromatic N) is 1. The number of fused-ring (bicyclic) bond motifs is 4. The highest BCUT2D eigenvalue weighted by Crippen LogP contribution is 2.26. The first-order chi connectivity index (χ1) is 14.0. The molecule has 0 amide bonds. The first-order valence-corrected chi connectivity index (χ1v) is 10.0. The van der Waals surface area contributed by atoms with Crippen LogP contribution in [0.4, 0.5) is 0 Å². The lowest BCUT2D eigenvalue weighted by atomic mass is 10.0. The zero-order valence-electron chi connectivity index (χ0n) is 16.8. The van der Waals surface area contributed by atoms with Gasteiger partial charge >= 0.3 is 0 Å². The third kappa shape index (κ3) is 2.45. The van der Waals surface area contributed by atoms with E-state index in [0.29, 0.717) is 21.7 Å². The molecule has 3 aromatic carbocycles. The SMILES string of the molecule is CCCn1c2cc3c(=O)c4cccc(C)c4[nH]c3cc2c(=O)c2cccc(C)c21. The number of hydrogen-bond donors (Lipinski definition) is 1. The Morgan fingerprint density at radius 3 is 2.28 bits per heavy atom. The summed E-state index contributed by atoms with van der Waals surface area (Å²) in [6, 6.07) is 15.4. The number of nitrogens with one attached hydrogen (secondary N) is 1. The molecule has 4 heteroatoms. The molecule has 0 bridgehead atoms. The maximum Gasteiger partial charge on any atom is 0.197 e. The summed E-state index contributed by atoms with van der Waals surface area (Å²) in [7, 11) is 0. The van der Waals surface area contributed by atoms with E-state index < -0.39 is 0 Å². The number of rotatable bonds is 2. The van der Waals surface area contributed by atoms with E-state index in [0.717, 1.165) is 46.0 Å². The largest absolute Gasteiger partial charge is 0.354 e. The summed E-state index contributed by atoms with van der Waals surface area (Å²) in [5.74, 6) is 0. The van der Waals surface area contributed by atoms with E-state index in [2.05, 4.69) is 16.5 Å².